The molecule has 2 aromatic carbocycles. The summed E-state index contributed by atoms with van der Waals surface area (Å²) in [6.07, 6.45) is 1.61. The molecule has 0 fully saturated rings. The van der Waals surface area contributed by atoms with E-state index in [2.05, 4.69) is 0 Å². The van der Waals surface area contributed by atoms with Crippen LogP contribution in [0, 0.1) is 10.1 Å². The molecule has 0 aliphatic rings. The SMILES string of the molecule is CN(C)C(=O)[C@@H](OC(=O)/C=C/c1ccc([N+](=O)[O-])cc1)c1ccccc1. The second kappa shape index (κ2) is 8.57. The summed E-state index contributed by atoms with van der Waals surface area (Å²) < 4.78 is 5.32. The lowest BCUT2D eigenvalue weighted by atomic mass is 10.1. The van der Waals surface area contributed by atoms with E-state index < -0.39 is 17.0 Å². The summed E-state index contributed by atoms with van der Waals surface area (Å²) in [5.74, 6) is -1.04. The Morgan fingerprint density at radius 1 is 1.08 bits per heavy atom. The summed E-state index contributed by atoms with van der Waals surface area (Å²) in [4.78, 5) is 35.9. The van der Waals surface area contributed by atoms with Crippen LogP contribution >= 0.6 is 0 Å². The molecule has 0 N–H and O–H groups in total. The van der Waals surface area contributed by atoms with Crippen molar-refractivity contribution in [3.63, 3.8) is 0 Å². The van der Waals surface area contributed by atoms with Crippen LogP contribution in [0.1, 0.15) is 17.2 Å². The molecule has 134 valence electrons. The Balaban J connectivity index is 2.11. The maximum Gasteiger partial charge on any atom is 0.331 e. The number of carbonyl (C=O) groups is 2. The first-order valence-corrected chi connectivity index (χ1v) is 7.77. The van der Waals surface area contributed by atoms with Crippen LogP contribution < -0.4 is 0 Å². The molecule has 1 atom stereocenters. The summed E-state index contributed by atoms with van der Waals surface area (Å²) in [6.45, 7) is 0. The van der Waals surface area contributed by atoms with Crippen LogP contribution in [-0.4, -0.2) is 35.8 Å². The topological polar surface area (TPSA) is 89.8 Å². The average molecular weight is 354 g/mol. The highest BCUT2D eigenvalue weighted by Gasteiger charge is 2.25. The molecule has 0 radical (unpaired) electrons. The van der Waals surface area contributed by atoms with Gasteiger partial charge >= 0.3 is 5.97 Å². The number of nitro groups is 1. The molecule has 7 nitrogen and oxygen atoms in total. The lowest BCUT2D eigenvalue weighted by Gasteiger charge is -2.20. The van der Waals surface area contributed by atoms with E-state index in [1.54, 1.807) is 44.4 Å². The predicted octanol–water partition coefficient (Wildman–Crippen LogP) is 2.98. The van der Waals surface area contributed by atoms with Gasteiger partial charge in [-0.15, -0.1) is 0 Å². The molecule has 0 aliphatic carbocycles. The number of hydrogen-bond donors (Lipinski definition) is 0. The number of likely N-dealkylation sites (N-methyl/N-ethyl adjacent to an activating group) is 1. The number of rotatable bonds is 6. The van der Waals surface area contributed by atoms with Crippen LogP contribution in [-0.2, 0) is 14.3 Å². The molecular formula is C19H18N2O5. The highest BCUT2D eigenvalue weighted by Crippen LogP contribution is 2.20. The smallest absolute Gasteiger partial charge is 0.331 e. The van der Waals surface area contributed by atoms with Crippen molar-refractivity contribution >= 4 is 23.6 Å². The maximum absolute atomic E-state index is 12.3. The first kappa shape index (κ1) is 18.9. The van der Waals surface area contributed by atoms with Gasteiger partial charge in [-0.25, -0.2) is 4.79 Å². The van der Waals surface area contributed by atoms with E-state index in [4.69, 9.17) is 4.74 Å². The van der Waals surface area contributed by atoms with Crippen LogP contribution in [0.2, 0.25) is 0 Å². The van der Waals surface area contributed by atoms with Gasteiger partial charge in [-0.1, -0.05) is 30.3 Å². The van der Waals surface area contributed by atoms with E-state index >= 15 is 0 Å². The van der Waals surface area contributed by atoms with Gasteiger partial charge in [0.1, 0.15) is 0 Å². The van der Waals surface area contributed by atoms with Crippen molar-refractivity contribution in [3.8, 4) is 0 Å². The Kier molecular flexibility index (Phi) is 6.21. The van der Waals surface area contributed by atoms with Crippen LogP contribution in [0.5, 0.6) is 0 Å². The molecule has 0 saturated heterocycles. The first-order valence-electron chi connectivity index (χ1n) is 7.77. The van der Waals surface area contributed by atoms with Gasteiger partial charge in [0.05, 0.1) is 4.92 Å². The van der Waals surface area contributed by atoms with Gasteiger partial charge in [0, 0.05) is 37.9 Å². The molecule has 2 aromatic rings. The fourth-order valence-electron chi connectivity index (χ4n) is 2.15. The van der Waals surface area contributed by atoms with Crippen LogP contribution in [0.3, 0.4) is 0 Å². The van der Waals surface area contributed by atoms with E-state index in [-0.39, 0.29) is 11.6 Å². The van der Waals surface area contributed by atoms with Gasteiger partial charge in [0.25, 0.3) is 11.6 Å². The molecule has 0 bridgehead atoms. The standard InChI is InChI=1S/C19H18N2O5/c1-20(2)19(23)18(15-6-4-3-5-7-15)26-17(22)13-10-14-8-11-16(12-9-14)21(24)25/h3-13,18H,1-2H3/b13-10+/t18-/m0/s1. The second-order valence-electron chi connectivity index (χ2n) is 5.64. The number of non-ortho nitro benzene ring substituents is 1. The Morgan fingerprint density at radius 2 is 1.69 bits per heavy atom. The molecule has 0 unspecified atom stereocenters. The molecular weight excluding hydrogens is 336 g/mol. The van der Waals surface area contributed by atoms with Gasteiger partial charge in [-0.2, -0.15) is 0 Å². The molecule has 1 amide bonds. The number of carbonyl (C=O) groups excluding carboxylic acids is 2. The Labute approximate surface area is 150 Å². The van der Waals surface area contributed by atoms with Crippen LogP contribution in [0.4, 0.5) is 5.69 Å². The maximum atomic E-state index is 12.3. The van der Waals surface area contributed by atoms with Gasteiger partial charge < -0.3 is 9.64 Å². The van der Waals surface area contributed by atoms with Gasteiger partial charge in [-0.3, -0.25) is 14.9 Å². The van der Waals surface area contributed by atoms with Crippen molar-refractivity contribution in [2.24, 2.45) is 0 Å². The average Bonchev–Trinajstić information content (AvgIpc) is 2.64. The highest BCUT2D eigenvalue weighted by molar-refractivity contribution is 5.90. The minimum atomic E-state index is -1.04. The highest BCUT2D eigenvalue weighted by atomic mass is 16.6. The summed E-state index contributed by atoms with van der Waals surface area (Å²) in [5.41, 5.74) is 1.14. The zero-order valence-corrected chi connectivity index (χ0v) is 14.4. The molecule has 2 rings (SSSR count). The van der Waals surface area contributed by atoms with Crippen molar-refractivity contribution in [2.75, 3.05) is 14.1 Å². The molecule has 0 heterocycles. The zero-order valence-electron chi connectivity index (χ0n) is 14.4. The largest absolute Gasteiger partial charge is 0.444 e. The summed E-state index contributed by atoms with van der Waals surface area (Å²) in [7, 11) is 3.16. The Hall–Kier alpha value is -3.48. The lowest BCUT2D eigenvalue weighted by Crippen LogP contribution is -2.30. The van der Waals surface area contributed by atoms with Crippen molar-refractivity contribution in [1.82, 2.24) is 4.90 Å². The number of esters is 1. The first-order chi connectivity index (χ1) is 12.4. The molecule has 0 aromatic heterocycles. The van der Waals surface area contributed by atoms with E-state index in [0.717, 1.165) is 0 Å². The van der Waals surface area contributed by atoms with Gasteiger partial charge in [0.2, 0.25) is 6.10 Å². The Bertz CT molecular complexity index is 814. The van der Waals surface area contributed by atoms with E-state index in [1.807, 2.05) is 0 Å². The van der Waals surface area contributed by atoms with Crippen LogP contribution in [0.25, 0.3) is 6.08 Å². The quantitative estimate of drug-likeness (QED) is 0.344. The van der Waals surface area contributed by atoms with E-state index in [1.165, 1.54) is 41.3 Å². The van der Waals surface area contributed by atoms with Crippen molar-refractivity contribution in [1.29, 1.82) is 0 Å². The van der Waals surface area contributed by atoms with E-state index in [0.29, 0.717) is 11.1 Å². The fraction of sp³-hybridized carbons (Fsp3) is 0.158. The monoisotopic (exact) mass is 354 g/mol. The number of hydrogen-bond acceptors (Lipinski definition) is 5. The number of benzene rings is 2. The summed E-state index contributed by atoms with van der Waals surface area (Å²) in [5, 5.41) is 10.6. The molecule has 7 heteroatoms. The van der Waals surface area contributed by atoms with Gasteiger partial charge in [0.15, 0.2) is 0 Å². The van der Waals surface area contributed by atoms with E-state index in [9.17, 15) is 19.7 Å². The molecule has 26 heavy (non-hydrogen) atoms. The van der Waals surface area contributed by atoms with Crippen molar-refractivity contribution < 1.29 is 19.2 Å². The minimum absolute atomic E-state index is 0.0366. The Morgan fingerprint density at radius 3 is 2.23 bits per heavy atom. The zero-order chi connectivity index (χ0) is 19.1. The molecule has 0 spiro atoms. The van der Waals surface area contributed by atoms with Gasteiger partial charge in [-0.05, 0) is 23.8 Å². The number of nitrogens with zero attached hydrogens (tertiary/aromatic N) is 2. The van der Waals surface area contributed by atoms with Crippen LogP contribution in [0.15, 0.2) is 60.7 Å². The third-order valence-electron chi connectivity index (χ3n) is 3.52. The van der Waals surface area contributed by atoms with Crippen molar-refractivity contribution in [2.45, 2.75) is 6.10 Å². The summed E-state index contributed by atoms with van der Waals surface area (Å²) in [6, 6.07) is 14.4. The minimum Gasteiger partial charge on any atom is -0.444 e. The molecule has 0 aliphatic heterocycles. The van der Waals surface area contributed by atoms with Crippen molar-refractivity contribution in [3.05, 3.63) is 81.9 Å². The summed E-state index contributed by atoms with van der Waals surface area (Å²) >= 11 is 0. The number of nitro benzene ring substituents is 1. The fourth-order valence-corrected chi connectivity index (χ4v) is 2.15. The predicted molar refractivity (Wildman–Crippen MR) is 96.1 cm³/mol. The second-order valence-corrected chi connectivity index (χ2v) is 5.64. The third-order valence-corrected chi connectivity index (χ3v) is 3.52. The third kappa shape index (κ3) is 5.01. The number of amides is 1. The normalized spacial score (nSPS) is 11.8. The lowest BCUT2D eigenvalue weighted by molar-refractivity contribution is -0.384. The molecule has 0 saturated carbocycles. The number of ether oxygens (including phenoxy) is 1.